The third kappa shape index (κ3) is 9.84. The van der Waals surface area contributed by atoms with Crippen LogP contribution in [0.5, 0.6) is 0 Å². The van der Waals surface area contributed by atoms with Crippen molar-refractivity contribution in [2.24, 2.45) is 0 Å². The smallest absolute Gasteiger partial charge is 0.0104 e. The molecular formula is C11H26N2. The Hall–Kier alpha value is -0.0800. The zero-order chi connectivity index (χ0) is 10.1. The quantitative estimate of drug-likeness (QED) is 0.584. The van der Waals surface area contributed by atoms with Crippen molar-refractivity contribution in [2.45, 2.75) is 46.1 Å². The summed E-state index contributed by atoms with van der Waals surface area (Å²) in [6.45, 7) is 10.2. The van der Waals surface area contributed by atoms with Gasteiger partial charge in [-0.05, 0) is 20.0 Å². The zero-order valence-electron chi connectivity index (χ0n) is 9.77. The van der Waals surface area contributed by atoms with Crippen LogP contribution in [0.15, 0.2) is 0 Å². The molecule has 0 radical (unpaired) electrons. The van der Waals surface area contributed by atoms with E-state index in [1.54, 1.807) is 0 Å². The Kier molecular flexibility index (Phi) is 8.46. The van der Waals surface area contributed by atoms with Gasteiger partial charge in [0.2, 0.25) is 0 Å². The highest BCUT2D eigenvalue weighted by Gasteiger charge is 1.97. The third-order valence-electron chi connectivity index (χ3n) is 2.19. The fraction of sp³-hybridized carbons (Fsp3) is 1.00. The number of rotatable bonds is 8. The maximum atomic E-state index is 3.43. The number of unbranched alkanes of at least 4 members (excludes halogenated alkanes) is 2. The molecular weight excluding hydrogens is 160 g/mol. The molecule has 0 aliphatic carbocycles. The number of hydrogen-bond donors (Lipinski definition) is 1. The minimum atomic E-state index is 0.615. The van der Waals surface area contributed by atoms with E-state index in [1.807, 2.05) is 0 Å². The van der Waals surface area contributed by atoms with E-state index in [2.05, 4.69) is 38.0 Å². The van der Waals surface area contributed by atoms with Crippen LogP contribution in [0.4, 0.5) is 0 Å². The second-order valence-corrected chi connectivity index (χ2v) is 4.12. The Morgan fingerprint density at radius 1 is 1.15 bits per heavy atom. The first-order chi connectivity index (χ1) is 6.16. The fourth-order valence-corrected chi connectivity index (χ4v) is 1.29. The Morgan fingerprint density at radius 2 is 1.85 bits per heavy atom. The lowest BCUT2D eigenvalue weighted by atomic mass is 10.2. The summed E-state index contributed by atoms with van der Waals surface area (Å²) in [5.41, 5.74) is 0. The summed E-state index contributed by atoms with van der Waals surface area (Å²) >= 11 is 0. The number of hydrogen-bond acceptors (Lipinski definition) is 2. The van der Waals surface area contributed by atoms with Gasteiger partial charge in [-0.15, -0.1) is 0 Å². The van der Waals surface area contributed by atoms with Crippen LogP contribution >= 0.6 is 0 Å². The molecule has 0 saturated carbocycles. The van der Waals surface area contributed by atoms with E-state index in [-0.39, 0.29) is 0 Å². The van der Waals surface area contributed by atoms with Gasteiger partial charge in [-0.1, -0.05) is 33.6 Å². The van der Waals surface area contributed by atoms with Gasteiger partial charge in [0.1, 0.15) is 0 Å². The predicted molar refractivity (Wildman–Crippen MR) is 60.2 cm³/mol. The average molecular weight is 186 g/mol. The lowest BCUT2D eigenvalue weighted by molar-refractivity contribution is 0.319. The molecule has 0 amide bonds. The van der Waals surface area contributed by atoms with E-state index in [4.69, 9.17) is 0 Å². The molecule has 0 saturated heterocycles. The molecule has 0 rings (SSSR count). The van der Waals surface area contributed by atoms with Gasteiger partial charge in [0, 0.05) is 19.1 Å². The van der Waals surface area contributed by atoms with Crippen molar-refractivity contribution in [1.82, 2.24) is 10.2 Å². The average Bonchev–Trinajstić information content (AvgIpc) is 2.04. The van der Waals surface area contributed by atoms with Crippen molar-refractivity contribution in [3.8, 4) is 0 Å². The van der Waals surface area contributed by atoms with Crippen molar-refractivity contribution in [2.75, 3.05) is 26.7 Å². The molecule has 0 aromatic heterocycles. The van der Waals surface area contributed by atoms with Crippen LogP contribution in [-0.4, -0.2) is 37.6 Å². The second kappa shape index (κ2) is 8.52. The number of nitrogens with zero attached hydrogens (tertiary/aromatic N) is 1. The van der Waals surface area contributed by atoms with E-state index in [1.165, 1.54) is 32.4 Å². The Balaban J connectivity index is 3.15. The highest BCUT2D eigenvalue weighted by molar-refractivity contribution is 4.57. The van der Waals surface area contributed by atoms with E-state index in [0.717, 1.165) is 6.54 Å². The van der Waals surface area contributed by atoms with Crippen LogP contribution in [0.25, 0.3) is 0 Å². The van der Waals surface area contributed by atoms with Gasteiger partial charge in [-0.2, -0.15) is 0 Å². The maximum Gasteiger partial charge on any atom is 0.0104 e. The largest absolute Gasteiger partial charge is 0.313 e. The molecule has 2 heteroatoms. The summed E-state index contributed by atoms with van der Waals surface area (Å²) in [5.74, 6) is 0. The Bertz CT molecular complexity index is 102. The van der Waals surface area contributed by atoms with Crippen LogP contribution in [-0.2, 0) is 0 Å². The van der Waals surface area contributed by atoms with Crippen LogP contribution in [0.3, 0.4) is 0 Å². The molecule has 0 spiro atoms. The molecule has 0 aliphatic heterocycles. The summed E-state index contributed by atoms with van der Waals surface area (Å²) in [7, 11) is 2.21. The van der Waals surface area contributed by atoms with E-state index in [0.29, 0.717) is 6.04 Å². The molecule has 80 valence electrons. The molecule has 0 aliphatic rings. The predicted octanol–water partition coefficient (Wildman–Crippen LogP) is 2.11. The van der Waals surface area contributed by atoms with Gasteiger partial charge < -0.3 is 10.2 Å². The first-order valence-electron chi connectivity index (χ1n) is 5.58. The first kappa shape index (κ1) is 12.9. The lowest BCUT2D eigenvalue weighted by Crippen LogP contribution is -2.33. The topological polar surface area (TPSA) is 15.3 Å². The fourth-order valence-electron chi connectivity index (χ4n) is 1.29. The maximum absolute atomic E-state index is 3.43. The summed E-state index contributed by atoms with van der Waals surface area (Å²) in [5, 5.41) is 3.43. The summed E-state index contributed by atoms with van der Waals surface area (Å²) < 4.78 is 0. The molecule has 0 atom stereocenters. The van der Waals surface area contributed by atoms with Crippen molar-refractivity contribution >= 4 is 0 Å². The monoisotopic (exact) mass is 186 g/mol. The molecule has 2 nitrogen and oxygen atoms in total. The van der Waals surface area contributed by atoms with Crippen molar-refractivity contribution in [3.63, 3.8) is 0 Å². The summed E-state index contributed by atoms with van der Waals surface area (Å²) in [6, 6.07) is 0.615. The molecule has 13 heavy (non-hydrogen) atoms. The number of likely N-dealkylation sites (N-methyl/N-ethyl adjacent to an activating group) is 1. The minimum Gasteiger partial charge on any atom is -0.313 e. The highest BCUT2D eigenvalue weighted by atomic mass is 15.1. The first-order valence-corrected chi connectivity index (χ1v) is 5.58. The molecule has 0 heterocycles. The molecule has 1 N–H and O–H groups in total. The van der Waals surface area contributed by atoms with Gasteiger partial charge in [0.25, 0.3) is 0 Å². The summed E-state index contributed by atoms with van der Waals surface area (Å²) in [4.78, 5) is 2.41. The Labute approximate surface area is 83.7 Å². The zero-order valence-corrected chi connectivity index (χ0v) is 9.77. The minimum absolute atomic E-state index is 0.615. The van der Waals surface area contributed by atoms with Gasteiger partial charge in [-0.3, -0.25) is 0 Å². The normalized spacial score (nSPS) is 11.5. The van der Waals surface area contributed by atoms with Crippen molar-refractivity contribution in [1.29, 1.82) is 0 Å². The van der Waals surface area contributed by atoms with Gasteiger partial charge >= 0.3 is 0 Å². The molecule has 0 fully saturated rings. The molecule has 0 unspecified atom stereocenters. The standard InChI is InChI=1S/C11H26N2/c1-5-6-7-9-13(4)10-8-12-11(2)3/h11-12H,5-10H2,1-4H3. The van der Waals surface area contributed by atoms with Gasteiger partial charge in [0.15, 0.2) is 0 Å². The molecule has 0 aromatic rings. The summed E-state index contributed by atoms with van der Waals surface area (Å²) in [6.07, 6.45) is 4.02. The van der Waals surface area contributed by atoms with Crippen LogP contribution in [0.1, 0.15) is 40.0 Å². The number of nitrogens with one attached hydrogen (secondary N) is 1. The second-order valence-electron chi connectivity index (χ2n) is 4.12. The van der Waals surface area contributed by atoms with Gasteiger partial charge in [0.05, 0.1) is 0 Å². The van der Waals surface area contributed by atoms with Gasteiger partial charge in [-0.25, -0.2) is 0 Å². The SMILES string of the molecule is CCCCCN(C)CCNC(C)C. The third-order valence-corrected chi connectivity index (χ3v) is 2.19. The molecule has 0 aromatic carbocycles. The Morgan fingerprint density at radius 3 is 2.38 bits per heavy atom. The van der Waals surface area contributed by atoms with Crippen LogP contribution in [0, 0.1) is 0 Å². The lowest BCUT2D eigenvalue weighted by Gasteiger charge is -2.17. The van der Waals surface area contributed by atoms with E-state index < -0.39 is 0 Å². The van der Waals surface area contributed by atoms with E-state index >= 15 is 0 Å². The van der Waals surface area contributed by atoms with Crippen LogP contribution < -0.4 is 5.32 Å². The van der Waals surface area contributed by atoms with Crippen molar-refractivity contribution < 1.29 is 0 Å². The van der Waals surface area contributed by atoms with Crippen LogP contribution in [0.2, 0.25) is 0 Å². The van der Waals surface area contributed by atoms with Crippen molar-refractivity contribution in [3.05, 3.63) is 0 Å². The highest BCUT2D eigenvalue weighted by Crippen LogP contribution is 1.95. The van der Waals surface area contributed by atoms with E-state index in [9.17, 15) is 0 Å². The molecule has 0 bridgehead atoms.